The molecule has 0 saturated carbocycles. The van der Waals surface area contributed by atoms with Crippen molar-refractivity contribution in [2.45, 2.75) is 19.1 Å². The van der Waals surface area contributed by atoms with E-state index in [1.165, 1.54) is 23.0 Å². The van der Waals surface area contributed by atoms with Crippen molar-refractivity contribution in [3.8, 4) is 5.69 Å². The van der Waals surface area contributed by atoms with Crippen LogP contribution in [0.1, 0.15) is 27.9 Å². The van der Waals surface area contributed by atoms with Gasteiger partial charge in [0.15, 0.2) is 0 Å². The fraction of sp³-hybridized carbons (Fsp3) is 0.286. The van der Waals surface area contributed by atoms with Gasteiger partial charge in [-0.1, -0.05) is 18.2 Å². The number of nitrogens with one attached hydrogen (secondary N) is 2. The molecule has 1 fully saturated rings. The molecule has 0 atom stereocenters. The Morgan fingerprint density at radius 2 is 1.97 bits per heavy atom. The van der Waals surface area contributed by atoms with Crippen LogP contribution < -0.4 is 11.0 Å². The normalized spacial score (nSPS) is 15.7. The van der Waals surface area contributed by atoms with Crippen LogP contribution in [0.5, 0.6) is 0 Å². The van der Waals surface area contributed by atoms with Gasteiger partial charge in [0.1, 0.15) is 12.1 Å². The van der Waals surface area contributed by atoms with Crippen LogP contribution in [-0.2, 0) is 15.3 Å². The maximum Gasteiger partial charge on any atom is 0.347 e. The molecule has 1 aromatic heterocycles. The van der Waals surface area contributed by atoms with Crippen LogP contribution in [-0.4, -0.2) is 40.4 Å². The van der Waals surface area contributed by atoms with Gasteiger partial charge in [0, 0.05) is 11.1 Å². The fourth-order valence-corrected chi connectivity index (χ4v) is 3.38. The molecule has 30 heavy (non-hydrogen) atoms. The van der Waals surface area contributed by atoms with Crippen molar-refractivity contribution in [1.82, 2.24) is 20.1 Å². The number of ether oxygens (including phenoxy) is 2. The fourth-order valence-electron chi connectivity index (χ4n) is 3.38. The zero-order valence-corrected chi connectivity index (χ0v) is 16.4. The van der Waals surface area contributed by atoms with Crippen LogP contribution in [0.3, 0.4) is 0 Å². The monoisotopic (exact) mass is 412 g/mol. The Hall–Kier alpha value is -3.30. The van der Waals surface area contributed by atoms with E-state index in [1.54, 1.807) is 37.3 Å². The summed E-state index contributed by atoms with van der Waals surface area (Å²) in [5.41, 5.74) is 1.89. The number of H-pyrrole nitrogens is 1. The number of halogens is 1. The lowest BCUT2D eigenvalue weighted by atomic mass is 10.0. The number of aryl methyl sites for hydroxylation is 1. The number of amides is 1. The van der Waals surface area contributed by atoms with E-state index in [4.69, 9.17) is 9.47 Å². The molecule has 1 aliphatic rings. The minimum Gasteiger partial charge on any atom is -0.346 e. The molecular formula is C21H21FN4O4. The number of rotatable bonds is 5. The first-order valence-corrected chi connectivity index (χ1v) is 9.54. The van der Waals surface area contributed by atoms with Crippen LogP contribution >= 0.6 is 0 Å². The quantitative estimate of drug-likeness (QED) is 0.668. The third kappa shape index (κ3) is 3.89. The molecule has 1 saturated heterocycles. The second kappa shape index (κ2) is 8.21. The highest BCUT2D eigenvalue weighted by atomic mass is 19.1. The third-order valence-corrected chi connectivity index (χ3v) is 5.02. The Balaban J connectivity index is 1.58. The van der Waals surface area contributed by atoms with E-state index >= 15 is 0 Å². The number of hydrogen-bond donors (Lipinski definition) is 2. The molecule has 2 N–H and O–H groups in total. The van der Waals surface area contributed by atoms with Gasteiger partial charge < -0.3 is 14.8 Å². The van der Waals surface area contributed by atoms with Gasteiger partial charge >= 0.3 is 5.69 Å². The van der Waals surface area contributed by atoms with Crippen molar-refractivity contribution in [3.05, 3.63) is 81.8 Å². The Morgan fingerprint density at radius 1 is 1.23 bits per heavy atom. The van der Waals surface area contributed by atoms with E-state index < -0.39 is 11.5 Å². The van der Waals surface area contributed by atoms with E-state index in [2.05, 4.69) is 15.5 Å². The van der Waals surface area contributed by atoms with Crippen LogP contribution in [0.25, 0.3) is 5.69 Å². The molecule has 8 nitrogen and oxygen atoms in total. The molecule has 2 aromatic carbocycles. The number of nitrogens with zero attached hydrogens (tertiary/aromatic N) is 2. The lowest BCUT2D eigenvalue weighted by molar-refractivity contribution is -0.271. The number of benzene rings is 2. The van der Waals surface area contributed by atoms with Crippen LogP contribution in [0.15, 0.2) is 53.6 Å². The number of carbonyl (C=O) groups excluding carboxylic acids is 1. The first-order valence-electron chi connectivity index (χ1n) is 9.54. The first kappa shape index (κ1) is 20.0. The average molecular weight is 412 g/mol. The maximum absolute atomic E-state index is 13.4. The van der Waals surface area contributed by atoms with Gasteiger partial charge in [-0.05, 0) is 43.2 Å². The molecule has 0 bridgehead atoms. The Bertz CT molecular complexity index is 1100. The molecule has 2 heterocycles. The van der Waals surface area contributed by atoms with Gasteiger partial charge in [-0.3, -0.25) is 4.79 Å². The Kier molecular flexibility index (Phi) is 5.47. The smallest absolute Gasteiger partial charge is 0.346 e. The lowest BCUT2D eigenvalue weighted by Crippen LogP contribution is -2.47. The minimum absolute atomic E-state index is 0.0484. The van der Waals surface area contributed by atoms with Crippen molar-refractivity contribution >= 4 is 5.91 Å². The highest BCUT2D eigenvalue weighted by Crippen LogP contribution is 2.30. The molecule has 0 spiro atoms. The van der Waals surface area contributed by atoms with Gasteiger partial charge in [-0.25, -0.2) is 18.9 Å². The van der Waals surface area contributed by atoms with Gasteiger partial charge in [0.05, 0.1) is 25.4 Å². The summed E-state index contributed by atoms with van der Waals surface area (Å²) < 4.78 is 26.4. The lowest BCUT2D eigenvalue weighted by Gasteiger charge is -2.37. The molecule has 9 heteroatoms. The van der Waals surface area contributed by atoms with Gasteiger partial charge in [0.2, 0.25) is 5.79 Å². The summed E-state index contributed by atoms with van der Waals surface area (Å²) in [6, 6.07) is 10.9. The summed E-state index contributed by atoms with van der Waals surface area (Å²) in [7, 11) is 0. The summed E-state index contributed by atoms with van der Waals surface area (Å²) in [4.78, 5) is 24.8. The number of aromatic amines is 1. The predicted octanol–water partition coefficient (Wildman–Crippen LogP) is 2.03. The van der Waals surface area contributed by atoms with Crippen molar-refractivity contribution < 1.29 is 18.7 Å². The average Bonchev–Trinajstić information content (AvgIpc) is 3.19. The zero-order chi connectivity index (χ0) is 21.1. The largest absolute Gasteiger partial charge is 0.347 e. The van der Waals surface area contributed by atoms with Gasteiger partial charge in [0.25, 0.3) is 5.91 Å². The van der Waals surface area contributed by atoms with Crippen LogP contribution in [0, 0.1) is 12.7 Å². The van der Waals surface area contributed by atoms with Gasteiger partial charge in [-0.2, -0.15) is 5.10 Å². The number of hydrogen-bond acceptors (Lipinski definition) is 5. The van der Waals surface area contributed by atoms with E-state index in [0.717, 1.165) is 12.0 Å². The molecular weight excluding hydrogens is 391 g/mol. The van der Waals surface area contributed by atoms with Crippen molar-refractivity contribution in [1.29, 1.82) is 0 Å². The Morgan fingerprint density at radius 3 is 2.63 bits per heavy atom. The van der Waals surface area contributed by atoms with Crippen LogP contribution in [0.2, 0.25) is 0 Å². The highest BCUT2D eigenvalue weighted by molar-refractivity contribution is 5.96. The second-order valence-corrected chi connectivity index (χ2v) is 7.02. The standard InChI is InChI=1S/C21H21FN4O4/c1-14-3-8-17(26-13-24-25-20(26)28)11-18(14)19(27)23-12-21(29-9-2-10-30-21)15-4-6-16(22)7-5-15/h3-8,11,13H,2,9-10,12H2,1H3,(H,23,27)(H,25,28). The van der Waals surface area contributed by atoms with Gasteiger partial charge in [-0.15, -0.1) is 0 Å². The second-order valence-electron chi connectivity index (χ2n) is 7.02. The van der Waals surface area contributed by atoms with E-state index in [-0.39, 0.29) is 18.3 Å². The molecule has 0 radical (unpaired) electrons. The number of carbonyl (C=O) groups is 1. The highest BCUT2D eigenvalue weighted by Gasteiger charge is 2.37. The SMILES string of the molecule is Cc1ccc(-n2cn[nH]c2=O)cc1C(=O)NCC1(c2ccc(F)cc2)OCCCO1. The molecule has 3 aromatic rings. The van der Waals surface area contributed by atoms with E-state index in [9.17, 15) is 14.0 Å². The molecule has 156 valence electrons. The van der Waals surface area contributed by atoms with Crippen LogP contribution in [0.4, 0.5) is 4.39 Å². The first-order chi connectivity index (χ1) is 14.5. The minimum atomic E-state index is -1.19. The topological polar surface area (TPSA) is 98.2 Å². The molecule has 1 amide bonds. The van der Waals surface area contributed by atoms with Crippen molar-refractivity contribution in [2.75, 3.05) is 19.8 Å². The predicted molar refractivity (Wildman–Crippen MR) is 106 cm³/mol. The van der Waals surface area contributed by atoms with E-state index in [1.807, 2.05) is 0 Å². The molecule has 4 rings (SSSR count). The summed E-state index contributed by atoms with van der Waals surface area (Å²) in [6.45, 7) is 2.78. The molecule has 0 unspecified atom stereocenters. The number of aromatic nitrogens is 3. The summed E-state index contributed by atoms with van der Waals surface area (Å²) in [5.74, 6) is -1.89. The summed E-state index contributed by atoms with van der Waals surface area (Å²) >= 11 is 0. The van der Waals surface area contributed by atoms with Crippen molar-refractivity contribution in [3.63, 3.8) is 0 Å². The van der Waals surface area contributed by atoms with Crippen molar-refractivity contribution in [2.24, 2.45) is 0 Å². The Labute approximate surface area is 171 Å². The maximum atomic E-state index is 13.4. The molecule has 0 aliphatic carbocycles. The summed E-state index contributed by atoms with van der Waals surface area (Å²) in [5, 5.41) is 8.89. The zero-order valence-electron chi connectivity index (χ0n) is 16.4. The summed E-state index contributed by atoms with van der Waals surface area (Å²) in [6.07, 6.45) is 2.08. The van der Waals surface area contributed by atoms with E-state index in [0.29, 0.717) is 30.0 Å². The third-order valence-electron chi connectivity index (χ3n) is 5.02. The molecule has 1 aliphatic heterocycles.